The van der Waals surface area contributed by atoms with E-state index in [1.54, 1.807) is 24.4 Å². The summed E-state index contributed by atoms with van der Waals surface area (Å²) < 4.78 is 0. The van der Waals surface area contributed by atoms with Crippen LogP contribution in [0.25, 0.3) is 10.9 Å². The number of rotatable bonds is 2. The second-order valence-electron chi connectivity index (χ2n) is 4.72. The number of hydrogen-bond acceptors (Lipinski definition) is 4. The zero-order valence-electron chi connectivity index (χ0n) is 11.5. The maximum absolute atomic E-state index is 12.5. The number of nitrogens with one attached hydrogen (secondary N) is 1. The van der Waals surface area contributed by atoms with Gasteiger partial charge in [-0.3, -0.25) is 9.78 Å². The fourth-order valence-electron chi connectivity index (χ4n) is 2.19. The molecule has 0 saturated heterocycles. The molecule has 0 radical (unpaired) electrons. The number of nitrogens with two attached hydrogens (primary N) is 1. The highest BCUT2D eigenvalue weighted by Gasteiger charge is 2.13. The number of fused-ring (bicyclic) bond motifs is 1. The molecule has 0 aliphatic heterocycles. The largest absolute Gasteiger partial charge is 0.396 e. The van der Waals surface area contributed by atoms with Crippen molar-refractivity contribution in [3.05, 3.63) is 59.9 Å². The fraction of sp³-hybridized carbons (Fsp3) is 0.0625. The molecule has 1 aromatic carbocycles. The van der Waals surface area contributed by atoms with Crippen LogP contribution >= 0.6 is 0 Å². The number of carbonyl (C=O) groups excluding carboxylic acids is 1. The molecular formula is C16H14N4O. The quantitative estimate of drug-likeness (QED) is 0.755. The number of carbonyl (C=O) groups is 1. The van der Waals surface area contributed by atoms with E-state index in [0.29, 0.717) is 17.1 Å². The smallest absolute Gasteiger partial charge is 0.257 e. The molecule has 0 saturated carbocycles. The van der Waals surface area contributed by atoms with E-state index in [1.165, 1.54) is 0 Å². The zero-order chi connectivity index (χ0) is 14.8. The Labute approximate surface area is 121 Å². The van der Waals surface area contributed by atoms with Gasteiger partial charge in [-0.25, -0.2) is 4.98 Å². The van der Waals surface area contributed by atoms with Gasteiger partial charge < -0.3 is 11.1 Å². The minimum atomic E-state index is -0.248. The lowest BCUT2D eigenvalue weighted by Crippen LogP contribution is -2.15. The first kappa shape index (κ1) is 13.1. The molecule has 0 aliphatic carbocycles. The Morgan fingerprint density at radius 3 is 2.81 bits per heavy atom. The summed E-state index contributed by atoms with van der Waals surface area (Å²) in [4.78, 5) is 21.0. The number of pyridine rings is 2. The summed E-state index contributed by atoms with van der Waals surface area (Å²) in [5, 5.41) is 3.54. The van der Waals surface area contributed by atoms with E-state index in [2.05, 4.69) is 15.3 Å². The first-order valence-electron chi connectivity index (χ1n) is 6.53. The molecule has 0 aliphatic rings. The van der Waals surface area contributed by atoms with E-state index in [9.17, 15) is 4.79 Å². The van der Waals surface area contributed by atoms with Gasteiger partial charge in [0, 0.05) is 17.3 Å². The standard InChI is InChI=1S/C16H14N4O/c1-10-9-12(11-5-2-3-7-14(11)19-10)16(21)20-15-13(17)6-4-8-18-15/h2-9H,17H2,1H3,(H,18,20,21). The van der Waals surface area contributed by atoms with Crippen molar-refractivity contribution >= 4 is 28.3 Å². The summed E-state index contributed by atoms with van der Waals surface area (Å²) in [6.45, 7) is 1.86. The van der Waals surface area contributed by atoms with Crippen LogP contribution in [0.3, 0.4) is 0 Å². The Morgan fingerprint density at radius 1 is 1.19 bits per heavy atom. The highest BCUT2D eigenvalue weighted by Crippen LogP contribution is 2.20. The van der Waals surface area contributed by atoms with Crippen LogP contribution in [0, 0.1) is 6.92 Å². The number of nitrogen functional groups attached to an aromatic ring is 1. The predicted molar refractivity (Wildman–Crippen MR) is 83.1 cm³/mol. The zero-order valence-corrected chi connectivity index (χ0v) is 11.5. The molecule has 0 atom stereocenters. The van der Waals surface area contributed by atoms with Crippen molar-refractivity contribution in [2.24, 2.45) is 0 Å². The number of amides is 1. The summed E-state index contributed by atoms with van der Waals surface area (Å²) in [5.41, 5.74) is 8.36. The van der Waals surface area contributed by atoms with Gasteiger partial charge in [-0.15, -0.1) is 0 Å². The monoisotopic (exact) mass is 278 g/mol. The van der Waals surface area contributed by atoms with Crippen LogP contribution in [0.5, 0.6) is 0 Å². The number of para-hydroxylation sites is 1. The first-order valence-corrected chi connectivity index (χ1v) is 6.53. The third-order valence-electron chi connectivity index (χ3n) is 3.16. The van der Waals surface area contributed by atoms with Crippen LogP contribution in [0.4, 0.5) is 11.5 Å². The van der Waals surface area contributed by atoms with Gasteiger partial charge >= 0.3 is 0 Å². The Morgan fingerprint density at radius 2 is 2.00 bits per heavy atom. The van der Waals surface area contributed by atoms with E-state index in [0.717, 1.165) is 16.6 Å². The fourth-order valence-corrected chi connectivity index (χ4v) is 2.19. The Bertz CT molecular complexity index is 829. The number of anilines is 2. The number of aryl methyl sites for hydroxylation is 1. The van der Waals surface area contributed by atoms with Crippen molar-refractivity contribution in [3.8, 4) is 0 Å². The summed E-state index contributed by atoms with van der Waals surface area (Å²) in [5.74, 6) is 0.114. The van der Waals surface area contributed by atoms with Crippen LogP contribution in [0.2, 0.25) is 0 Å². The molecule has 0 unspecified atom stereocenters. The van der Waals surface area contributed by atoms with Crippen LogP contribution in [0.15, 0.2) is 48.7 Å². The maximum Gasteiger partial charge on any atom is 0.257 e. The SMILES string of the molecule is Cc1cc(C(=O)Nc2ncccc2N)c2ccccc2n1. The molecule has 2 aromatic heterocycles. The van der Waals surface area contributed by atoms with E-state index in [-0.39, 0.29) is 5.91 Å². The van der Waals surface area contributed by atoms with Gasteiger partial charge in [0.15, 0.2) is 5.82 Å². The third kappa shape index (κ3) is 2.53. The molecule has 3 rings (SSSR count). The van der Waals surface area contributed by atoms with E-state index < -0.39 is 0 Å². The van der Waals surface area contributed by atoms with Crippen molar-refractivity contribution in [3.63, 3.8) is 0 Å². The molecule has 5 heteroatoms. The molecule has 2 heterocycles. The van der Waals surface area contributed by atoms with Gasteiger partial charge in [0.25, 0.3) is 5.91 Å². The van der Waals surface area contributed by atoms with Crippen molar-refractivity contribution in [2.75, 3.05) is 11.1 Å². The Balaban J connectivity index is 2.04. The predicted octanol–water partition coefficient (Wildman–Crippen LogP) is 2.77. The number of nitrogens with zero attached hydrogens (tertiary/aromatic N) is 2. The van der Waals surface area contributed by atoms with E-state index >= 15 is 0 Å². The van der Waals surface area contributed by atoms with Crippen LogP contribution < -0.4 is 11.1 Å². The van der Waals surface area contributed by atoms with Crippen molar-refractivity contribution < 1.29 is 4.79 Å². The van der Waals surface area contributed by atoms with Crippen LogP contribution in [-0.4, -0.2) is 15.9 Å². The number of hydrogen-bond donors (Lipinski definition) is 2. The lowest BCUT2D eigenvalue weighted by molar-refractivity contribution is 0.102. The van der Waals surface area contributed by atoms with Crippen molar-refractivity contribution in [1.29, 1.82) is 0 Å². The average molecular weight is 278 g/mol. The molecule has 0 fully saturated rings. The minimum Gasteiger partial charge on any atom is -0.396 e. The Kier molecular flexibility index (Phi) is 3.23. The molecule has 104 valence electrons. The second kappa shape index (κ2) is 5.20. The normalized spacial score (nSPS) is 10.5. The molecule has 5 nitrogen and oxygen atoms in total. The Hall–Kier alpha value is -2.95. The highest BCUT2D eigenvalue weighted by molar-refractivity contribution is 6.12. The lowest BCUT2D eigenvalue weighted by atomic mass is 10.1. The summed E-state index contributed by atoms with van der Waals surface area (Å²) in [6.07, 6.45) is 1.59. The summed E-state index contributed by atoms with van der Waals surface area (Å²) in [6, 6.07) is 12.7. The van der Waals surface area contributed by atoms with Crippen molar-refractivity contribution in [1.82, 2.24) is 9.97 Å². The van der Waals surface area contributed by atoms with Gasteiger partial charge in [0.2, 0.25) is 0 Å². The number of aromatic nitrogens is 2. The summed E-state index contributed by atoms with van der Waals surface area (Å²) in [7, 11) is 0. The van der Waals surface area contributed by atoms with Crippen LogP contribution in [0.1, 0.15) is 16.1 Å². The average Bonchev–Trinajstić information content (AvgIpc) is 2.48. The number of benzene rings is 1. The molecule has 21 heavy (non-hydrogen) atoms. The topological polar surface area (TPSA) is 80.9 Å². The minimum absolute atomic E-state index is 0.248. The summed E-state index contributed by atoms with van der Waals surface area (Å²) >= 11 is 0. The second-order valence-corrected chi connectivity index (χ2v) is 4.72. The highest BCUT2D eigenvalue weighted by atomic mass is 16.1. The third-order valence-corrected chi connectivity index (χ3v) is 3.16. The van der Waals surface area contributed by atoms with E-state index in [4.69, 9.17) is 5.73 Å². The maximum atomic E-state index is 12.5. The molecule has 1 amide bonds. The molecule has 0 bridgehead atoms. The van der Waals surface area contributed by atoms with Crippen LogP contribution in [-0.2, 0) is 0 Å². The molecule has 3 aromatic rings. The molecule has 3 N–H and O–H groups in total. The van der Waals surface area contributed by atoms with Crippen molar-refractivity contribution in [2.45, 2.75) is 6.92 Å². The van der Waals surface area contributed by atoms with E-state index in [1.807, 2.05) is 31.2 Å². The first-order chi connectivity index (χ1) is 10.1. The van der Waals surface area contributed by atoms with Gasteiger partial charge in [0.05, 0.1) is 16.8 Å². The van der Waals surface area contributed by atoms with Gasteiger partial charge in [-0.05, 0) is 31.2 Å². The van der Waals surface area contributed by atoms with Gasteiger partial charge in [-0.2, -0.15) is 0 Å². The van der Waals surface area contributed by atoms with Gasteiger partial charge in [-0.1, -0.05) is 18.2 Å². The van der Waals surface area contributed by atoms with Gasteiger partial charge in [0.1, 0.15) is 0 Å². The molecular weight excluding hydrogens is 264 g/mol. The lowest BCUT2D eigenvalue weighted by Gasteiger charge is -2.09. The molecule has 0 spiro atoms.